The summed E-state index contributed by atoms with van der Waals surface area (Å²) in [6.45, 7) is 5.60. The van der Waals surface area contributed by atoms with Crippen molar-refractivity contribution in [2.75, 3.05) is 0 Å². The Kier molecular flexibility index (Phi) is 10.1. The molecule has 2 nitrogen and oxygen atoms in total. The maximum atomic E-state index is 11.3. The van der Waals surface area contributed by atoms with E-state index in [1.165, 1.54) is 32.1 Å². The fourth-order valence-corrected chi connectivity index (χ4v) is 1.85. The van der Waals surface area contributed by atoms with Gasteiger partial charge in [0, 0.05) is 18.8 Å². The van der Waals surface area contributed by atoms with Crippen LogP contribution in [0.15, 0.2) is 0 Å². The highest BCUT2D eigenvalue weighted by Crippen LogP contribution is 2.11. The second kappa shape index (κ2) is 10.5. The van der Waals surface area contributed by atoms with Crippen LogP contribution in [0.1, 0.15) is 78.6 Å². The maximum Gasteiger partial charge on any atom is 0.135 e. The molecule has 0 aromatic rings. The van der Waals surface area contributed by atoms with Gasteiger partial charge in [0.2, 0.25) is 0 Å². The molecule has 0 aliphatic rings. The van der Waals surface area contributed by atoms with Crippen molar-refractivity contribution >= 4 is 11.6 Å². The second-order valence-electron chi connectivity index (χ2n) is 5.30. The van der Waals surface area contributed by atoms with E-state index < -0.39 is 0 Å². The van der Waals surface area contributed by atoms with Crippen LogP contribution in [-0.2, 0) is 9.59 Å². The first-order chi connectivity index (χ1) is 8.04. The Labute approximate surface area is 106 Å². The third kappa shape index (κ3) is 11.6. The van der Waals surface area contributed by atoms with Crippen LogP contribution in [0.5, 0.6) is 0 Å². The zero-order valence-electron chi connectivity index (χ0n) is 11.8. The number of ketones is 2. The summed E-state index contributed by atoms with van der Waals surface area (Å²) in [6, 6.07) is 0. The van der Waals surface area contributed by atoms with Gasteiger partial charge >= 0.3 is 0 Å². The van der Waals surface area contributed by atoms with Gasteiger partial charge in [-0.3, -0.25) is 4.79 Å². The Morgan fingerprint density at radius 1 is 0.765 bits per heavy atom. The van der Waals surface area contributed by atoms with Gasteiger partial charge in [0.05, 0.1) is 0 Å². The summed E-state index contributed by atoms with van der Waals surface area (Å²) in [5.74, 6) is 0.894. The zero-order valence-corrected chi connectivity index (χ0v) is 11.8. The van der Waals surface area contributed by atoms with Crippen LogP contribution in [0.4, 0.5) is 0 Å². The van der Waals surface area contributed by atoms with E-state index in [1.807, 2.05) is 13.8 Å². The number of carbonyl (C=O) groups is 2. The van der Waals surface area contributed by atoms with Gasteiger partial charge in [-0.15, -0.1) is 0 Å². The molecule has 17 heavy (non-hydrogen) atoms. The lowest BCUT2D eigenvalue weighted by atomic mass is 10.0. The molecule has 0 radical (unpaired) electrons. The quantitative estimate of drug-likeness (QED) is 0.504. The van der Waals surface area contributed by atoms with Crippen LogP contribution in [0.2, 0.25) is 0 Å². The summed E-state index contributed by atoms with van der Waals surface area (Å²) in [6.07, 6.45) is 9.62. The number of hydrogen-bond donors (Lipinski definition) is 0. The Morgan fingerprint density at radius 3 is 1.59 bits per heavy atom. The average Bonchev–Trinajstić information content (AvgIpc) is 2.25. The Hall–Kier alpha value is -0.660. The van der Waals surface area contributed by atoms with Crippen molar-refractivity contribution in [2.45, 2.75) is 78.6 Å². The summed E-state index contributed by atoms with van der Waals surface area (Å²) in [4.78, 5) is 22.1. The summed E-state index contributed by atoms with van der Waals surface area (Å²) in [5.41, 5.74) is 0. The lowest BCUT2D eigenvalue weighted by Gasteiger charge is -2.04. The fraction of sp³-hybridized carbons (Fsp3) is 0.867. The molecule has 0 aromatic heterocycles. The van der Waals surface area contributed by atoms with Crippen molar-refractivity contribution in [3.63, 3.8) is 0 Å². The first kappa shape index (κ1) is 16.3. The van der Waals surface area contributed by atoms with Crippen molar-refractivity contribution in [2.24, 2.45) is 5.92 Å². The second-order valence-corrected chi connectivity index (χ2v) is 5.30. The van der Waals surface area contributed by atoms with E-state index in [2.05, 4.69) is 0 Å². The van der Waals surface area contributed by atoms with Gasteiger partial charge in [-0.1, -0.05) is 46.0 Å². The molecule has 0 saturated heterocycles. The predicted octanol–water partition coefficient (Wildman–Crippen LogP) is 4.31. The molecule has 0 fully saturated rings. The minimum absolute atomic E-state index is 0.196. The molecular formula is C15H28O2. The van der Waals surface area contributed by atoms with E-state index in [0.717, 1.165) is 25.7 Å². The number of carbonyl (C=O) groups excluding carboxylic acids is 2. The summed E-state index contributed by atoms with van der Waals surface area (Å²) < 4.78 is 0. The van der Waals surface area contributed by atoms with E-state index in [4.69, 9.17) is 0 Å². The molecule has 0 N–H and O–H groups in total. The molecule has 0 atom stereocenters. The van der Waals surface area contributed by atoms with Crippen molar-refractivity contribution in [3.8, 4) is 0 Å². The topological polar surface area (TPSA) is 34.1 Å². The molecule has 0 spiro atoms. The minimum Gasteiger partial charge on any atom is -0.300 e. The van der Waals surface area contributed by atoms with Gasteiger partial charge in [0.25, 0.3) is 0 Å². The number of hydrogen-bond acceptors (Lipinski definition) is 2. The fourth-order valence-electron chi connectivity index (χ4n) is 1.85. The molecule has 0 aliphatic heterocycles. The molecular weight excluding hydrogens is 212 g/mol. The summed E-state index contributed by atoms with van der Waals surface area (Å²) in [7, 11) is 0. The molecule has 0 amide bonds. The number of rotatable bonds is 11. The highest BCUT2D eigenvalue weighted by Gasteiger charge is 2.05. The molecule has 100 valence electrons. The average molecular weight is 240 g/mol. The molecule has 0 heterocycles. The van der Waals surface area contributed by atoms with Crippen LogP contribution in [0, 0.1) is 5.92 Å². The molecule has 0 bridgehead atoms. The maximum absolute atomic E-state index is 11.3. The molecule has 0 aromatic carbocycles. The smallest absolute Gasteiger partial charge is 0.135 e. The first-order valence-electron chi connectivity index (χ1n) is 7.06. The van der Waals surface area contributed by atoms with Crippen LogP contribution in [-0.4, -0.2) is 11.6 Å². The van der Waals surface area contributed by atoms with Crippen molar-refractivity contribution < 1.29 is 9.59 Å². The lowest BCUT2D eigenvalue weighted by molar-refractivity contribution is -0.122. The van der Waals surface area contributed by atoms with Crippen molar-refractivity contribution in [1.82, 2.24) is 0 Å². The van der Waals surface area contributed by atoms with Crippen LogP contribution >= 0.6 is 0 Å². The van der Waals surface area contributed by atoms with Crippen molar-refractivity contribution in [3.05, 3.63) is 0 Å². The molecule has 0 saturated carbocycles. The molecule has 0 rings (SSSR count). The molecule has 2 heteroatoms. The van der Waals surface area contributed by atoms with Gasteiger partial charge in [0.15, 0.2) is 0 Å². The Bertz CT molecular complexity index is 219. The highest BCUT2D eigenvalue weighted by atomic mass is 16.1. The lowest BCUT2D eigenvalue weighted by Crippen LogP contribution is -2.05. The van der Waals surface area contributed by atoms with E-state index in [1.54, 1.807) is 6.92 Å². The monoisotopic (exact) mass is 240 g/mol. The largest absolute Gasteiger partial charge is 0.300 e. The van der Waals surface area contributed by atoms with Gasteiger partial charge < -0.3 is 4.79 Å². The van der Waals surface area contributed by atoms with Crippen molar-refractivity contribution in [1.29, 1.82) is 0 Å². The zero-order chi connectivity index (χ0) is 13.1. The van der Waals surface area contributed by atoms with Crippen LogP contribution < -0.4 is 0 Å². The normalized spacial score (nSPS) is 10.8. The molecule has 0 aliphatic carbocycles. The Morgan fingerprint density at radius 2 is 1.18 bits per heavy atom. The minimum atomic E-state index is 0.196. The summed E-state index contributed by atoms with van der Waals surface area (Å²) in [5, 5.41) is 0. The third-order valence-electron chi connectivity index (χ3n) is 3.10. The van der Waals surface area contributed by atoms with E-state index in [9.17, 15) is 9.59 Å². The Balaban J connectivity index is 3.14. The third-order valence-corrected chi connectivity index (χ3v) is 3.10. The van der Waals surface area contributed by atoms with E-state index in [-0.39, 0.29) is 5.92 Å². The van der Waals surface area contributed by atoms with Gasteiger partial charge in [-0.05, 0) is 19.8 Å². The predicted molar refractivity (Wildman–Crippen MR) is 72.1 cm³/mol. The number of Topliss-reactive ketones (excluding diaryl/α,β-unsaturated/α-hetero) is 2. The van der Waals surface area contributed by atoms with E-state index >= 15 is 0 Å². The highest BCUT2D eigenvalue weighted by molar-refractivity contribution is 5.80. The van der Waals surface area contributed by atoms with E-state index in [0.29, 0.717) is 11.6 Å². The summed E-state index contributed by atoms with van der Waals surface area (Å²) >= 11 is 0. The van der Waals surface area contributed by atoms with Crippen LogP contribution in [0.3, 0.4) is 0 Å². The first-order valence-corrected chi connectivity index (χ1v) is 7.06. The van der Waals surface area contributed by atoms with Gasteiger partial charge in [0.1, 0.15) is 11.6 Å². The van der Waals surface area contributed by atoms with Gasteiger partial charge in [-0.2, -0.15) is 0 Å². The molecule has 0 unspecified atom stereocenters. The van der Waals surface area contributed by atoms with Gasteiger partial charge in [-0.25, -0.2) is 0 Å². The number of unbranched alkanes of at least 4 members (excludes halogenated alkanes) is 6. The SMILES string of the molecule is CC(=O)CCCCCCCCCC(=O)C(C)C. The van der Waals surface area contributed by atoms with Crippen LogP contribution in [0.25, 0.3) is 0 Å². The standard InChI is InChI=1S/C15H28O2/c1-13(2)15(17)12-10-8-6-4-5-7-9-11-14(3)16/h13H,4-12H2,1-3H3.